The molecular weight excluding hydrogens is 212 g/mol. The van der Waals surface area contributed by atoms with Crippen molar-refractivity contribution in [1.82, 2.24) is 4.31 Å². The molecule has 0 saturated heterocycles. The van der Waals surface area contributed by atoms with Crippen molar-refractivity contribution >= 4 is 18.9 Å². The lowest BCUT2D eigenvalue weighted by atomic mass is 10.2. The Morgan fingerprint density at radius 2 is 2.07 bits per heavy atom. The van der Waals surface area contributed by atoms with Crippen LogP contribution in [0.5, 0.6) is 0 Å². The molecule has 0 saturated carbocycles. The number of benzene rings is 1. The van der Waals surface area contributed by atoms with Gasteiger partial charge >= 0.3 is 6.09 Å². The number of nitrogens with two attached hydrogens (primary N) is 1. The molecule has 4 nitrogen and oxygen atoms in total. The third-order valence-corrected chi connectivity index (χ3v) is 2.12. The summed E-state index contributed by atoms with van der Waals surface area (Å²) in [5.74, 6) is 0. The fourth-order valence-corrected chi connectivity index (χ4v) is 1.18. The van der Waals surface area contributed by atoms with Gasteiger partial charge in [0.25, 0.3) is 0 Å². The molecule has 0 aliphatic rings. The van der Waals surface area contributed by atoms with E-state index in [9.17, 15) is 4.79 Å². The molecule has 0 aliphatic carbocycles. The normalized spacial score (nSPS) is 9.73. The largest absolute Gasteiger partial charge is 0.444 e. The lowest BCUT2D eigenvalue weighted by Crippen LogP contribution is -2.27. The van der Waals surface area contributed by atoms with Crippen molar-refractivity contribution in [2.24, 2.45) is 5.73 Å². The second-order valence-corrected chi connectivity index (χ2v) is 3.43. The smallest absolute Gasteiger partial charge is 0.420 e. The summed E-state index contributed by atoms with van der Waals surface area (Å²) in [4.78, 5) is 11.3. The zero-order valence-electron chi connectivity index (χ0n) is 8.30. The predicted octanol–water partition coefficient (Wildman–Crippen LogP) is 1.43. The molecular formula is C10H14N2O2S. The van der Waals surface area contributed by atoms with E-state index in [4.69, 9.17) is 10.5 Å². The van der Waals surface area contributed by atoms with Gasteiger partial charge < -0.3 is 10.5 Å². The van der Waals surface area contributed by atoms with Gasteiger partial charge in [-0.3, -0.25) is 4.31 Å². The molecule has 1 aromatic carbocycles. The first-order valence-corrected chi connectivity index (χ1v) is 5.01. The van der Waals surface area contributed by atoms with E-state index in [2.05, 4.69) is 12.8 Å². The third kappa shape index (κ3) is 4.22. The standard InChI is InChI=1S/C10H14N2O2S/c11-6-7-12(15)10(13)14-8-9-4-2-1-3-5-9/h1-5,15H,6-8,11H2. The van der Waals surface area contributed by atoms with Crippen LogP contribution in [0.1, 0.15) is 5.56 Å². The molecule has 0 bridgehead atoms. The van der Waals surface area contributed by atoms with E-state index < -0.39 is 6.09 Å². The highest BCUT2D eigenvalue weighted by atomic mass is 32.1. The van der Waals surface area contributed by atoms with Gasteiger partial charge in [-0.15, -0.1) is 0 Å². The molecule has 0 atom stereocenters. The van der Waals surface area contributed by atoms with Crippen molar-refractivity contribution in [3.05, 3.63) is 35.9 Å². The number of amides is 1. The van der Waals surface area contributed by atoms with Crippen molar-refractivity contribution in [1.29, 1.82) is 0 Å². The summed E-state index contributed by atoms with van der Waals surface area (Å²) >= 11 is 3.93. The van der Waals surface area contributed by atoms with Gasteiger partial charge in [-0.05, 0) is 5.56 Å². The van der Waals surface area contributed by atoms with Crippen molar-refractivity contribution < 1.29 is 9.53 Å². The van der Waals surface area contributed by atoms with Gasteiger partial charge in [0, 0.05) is 13.1 Å². The molecule has 1 amide bonds. The minimum absolute atomic E-state index is 0.251. The molecule has 0 unspecified atom stereocenters. The third-order valence-electron chi connectivity index (χ3n) is 1.76. The van der Waals surface area contributed by atoms with Gasteiger partial charge in [0.05, 0.1) is 0 Å². The monoisotopic (exact) mass is 226 g/mol. The van der Waals surface area contributed by atoms with Crippen LogP contribution in [0, 0.1) is 0 Å². The number of rotatable bonds is 4. The topological polar surface area (TPSA) is 55.6 Å². The minimum Gasteiger partial charge on any atom is -0.444 e. The molecule has 5 heteroatoms. The van der Waals surface area contributed by atoms with Crippen LogP contribution >= 0.6 is 12.8 Å². The Kier molecular flexibility index (Phi) is 5.00. The summed E-state index contributed by atoms with van der Waals surface area (Å²) in [7, 11) is 0. The van der Waals surface area contributed by atoms with Gasteiger partial charge in [0.15, 0.2) is 0 Å². The molecule has 2 N–H and O–H groups in total. The quantitative estimate of drug-likeness (QED) is 0.764. The number of nitrogens with zero attached hydrogens (tertiary/aromatic N) is 1. The van der Waals surface area contributed by atoms with Gasteiger partial charge in [-0.1, -0.05) is 43.1 Å². The predicted molar refractivity (Wildman–Crippen MR) is 61.4 cm³/mol. The van der Waals surface area contributed by atoms with E-state index in [1.807, 2.05) is 30.3 Å². The summed E-state index contributed by atoms with van der Waals surface area (Å²) < 4.78 is 6.15. The lowest BCUT2D eigenvalue weighted by molar-refractivity contribution is 0.122. The maximum absolute atomic E-state index is 11.3. The van der Waals surface area contributed by atoms with Crippen LogP contribution in [0.15, 0.2) is 30.3 Å². The summed E-state index contributed by atoms with van der Waals surface area (Å²) in [6.07, 6.45) is -0.479. The number of carbonyl (C=O) groups is 1. The van der Waals surface area contributed by atoms with Crippen LogP contribution in [0.2, 0.25) is 0 Å². The highest BCUT2D eigenvalue weighted by molar-refractivity contribution is 7.78. The molecule has 0 fully saturated rings. The fourth-order valence-electron chi connectivity index (χ4n) is 1.01. The van der Waals surface area contributed by atoms with Crippen molar-refractivity contribution in [2.45, 2.75) is 6.61 Å². The Morgan fingerprint density at radius 3 is 2.67 bits per heavy atom. The number of carbonyl (C=O) groups excluding carboxylic acids is 1. The summed E-state index contributed by atoms with van der Waals surface area (Å²) in [5.41, 5.74) is 6.22. The highest BCUT2D eigenvalue weighted by Gasteiger charge is 2.09. The number of hydrogen-bond donors (Lipinski definition) is 2. The average Bonchev–Trinajstić information content (AvgIpc) is 2.27. The van der Waals surface area contributed by atoms with Crippen LogP contribution in [-0.2, 0) is 11.3 Å². The number of ether oxygens (including phenoxy) is 1. The van der Waals surface area contributed by atoms with Crippen molar-refractivity contribution in [2.75, 3.05) is 13.1 Å². The van der Waals surface area contributed by atoms with Gasteiger partial charge in [-0.25, -0.2) is 4.79 Å². The molecule has 0 aromatic heterocycles. The second-order valence-electron chi connectivity index (χ2n) is 2.95. The summed E-state index contributed by atoms with van der Waals surface area (Å²) in [5, 5.41) is 0. The number of thiol groups is 1. The molecule has 82 valence electrons. The van der Waals surface area contributed by atoms with Crippen LogP contribution in [0.25, 0.3) is 0 Å². The Labute approximate surface area is 94.6 Å². The highest BCUT2D eigenvalue weighted by Crippen LogP contribution is 2.03. The zero-order valence-corrected chi connectivity index (χ0v) is 9.19. The van der Waals surface area contributed by atoms with E-state index in [-0.39, 0.29) is 6.61 Å². The Balaban J connectivity index is 2.34. The van der Waals surface area contributed by atoms with Gasteiger partial charge in [-0.2, -0.15) is 0 Å². The Bertz CT molecular complexity index is 306. The van der Waals surface area contributed by atoms with E-state index in [0.29, 0.717) is 13.1 Å². The van der Waals surface area contributed by atoms with E-state index in [0.717, 1.165) is 9.87 Å². The fraction of sp³-hybridized carbons (Fsp3) is 0.300. The molecule has 0 spiro atoms. The van der Waals surface area contributed by atoms with Crippen LogP contribution in [-0.4, -0.2) is 23.5 Å². The Hall–Kier alpha value is -1.20. The van der Waals surface area contributed by atoms with Crippen LogP contribution in [0.3, 0.4) is 0 Å². The van der Waals surface area contributed by atoms with Gasteiger partial charge in [0.1, 0.15) is 6.61 Å². The molecule has 15 heavy (non-hydrogen) atoms. The van der Waals surface area contributed by atoms with Gasteiger partial charge in [0.2, 0.25) is 0 Å². The summed E-state index contributed by atoms with van der Waals surface area (Å²) in [6.45, 7) is 0.988. The first kappa shape index (κ1) is 11.9. The van der Waals surface area contributed by atoms with Crippen LogP contribution in [0.4, 0.5) is 4.79 Å². The summed E-state index contributed by atoms with van der Waals surface area (Å²) in [6, 6.07) is 9.46. The first-order chi connectivity index (χ1) is 7.24. The van der Waals surface area contributed by atoms with Crippen LogP contribution < -0.4 is 5.73 Å². The van der Waals surface area contributed by atoms with E-state index >= 15 is 0 Å². The average molecular weight is 226 g/mol. The van der Waals surface area contributed by atoms with E-state index in [1.165, 1.54) is 0 Å². The van der Waals surface area contributed by atoms with E-state index in [1.54, 1.807) is 0 Å². The van der Waals surface area contributed by atoms with Crippen molar-refractivity contribution in [3.8, 4) is 0 Å². The molecule has 1 rings (SSSR count). The Morgan fingerprint density at radius 1 is 1.40 bits per heavy atom. The second kappa shape index (κ2) is 6.31. The lowest BCUT2D eigenvalue weighted by Gasteiger charge is -2.14. The van der Waals surface area contributed by atoms with Crippen molar-refractivity contribution in [3.63, 3.8) is 0 Å². The SMILES string of the molecule is NCCN(S)C(=O)OCc1ccccc1. The maximum Gasteiger partial charge on any atom is 0.420 e. The minimum atomic E-state index is -0.479. The molecule has 0 aliphatic heterocycles. The molecule has 0 radical (unpaired) electrons. The number of hydrogen-bond acceptors (Lipinski definition) is 4. The first-order valence-electron chi connectivity index (χ1n) is 4.61. The maximum atomic E-state index is 11.3. The molecule has 0 heterocycles. The zero-order chi connectivity index (χ0) is 11.1. The molecule has 1 aromatic rings.